The van der Waals surface area contributed by atoms with Gasteiger partial charge in [0.05, 0.1) is 6.10 Å². The van der Waals surface area contributed by atoms with Crippen molar-refractivity contribution in [2.45, 2.75) is 12.5 Å². The molecule has 0 saturated carbocycles. The van der Waals surface area contributed by atoms with E-state index in [4.69, 9.17) is 16.7 Å². The molecule has 1 fully saturated rings. The number of aliphatic hydroxyl groups is 1. The van der Waals surface area contributed by atoms with Crippen LogP contribution in [0.4, 0.5) is 0 Å². The molecule has 66 valence electrons. The zero-order chi connectivity index (χ0) is 8.48. The van der Waals surface area contributed by atoms with Gasteiger partial charge in [-0.15, -0.1) is 11.6 Å². The molecule has 0 unspecified atom stereocenters. The first-order chi connectivity index (χ1) is 5.06. The number of β-amino-alcohol motifs (C(OH)–C–C–N with tert-alkyl or cyclic N) is 1. The Morgan fingerprint density at radius 2 is 2.27 bits per heavy atom. The Hall–Kier alpha value is 0.160. The fourth-order valence-corrected chi connectivity index (χ4v) is 2.37. The van der Waals surface area contributed by atoms with Crippen LogP contribution in [0.5, 0.6) is 0 Å². The van der Waals surface area contributed by atoms with Crippen molar-refractivity contribution in [2.75, 3.05) is 18.3 Å². The largest absolute Gasteiger partial charge is 0.392 e. The molecule has 0 bridgehead atoms. The minimum absolute atomic E-state index is 0.190. The van der Waals surface area contributed by atoms with Crippen molar-refractivity contribution in [2.24, 2.45) is 0 Å². The van der Waals surface area contributed by atoms with Crippen LogP contribution < -0.4 is 0 Å². The van der Waals surface area contributed by atoms with Crippen LogP contribution in [0.3, 0.4) is 0 Å². The summed E-state index contributed by atoms with van der Waals surface area (Å²) in [4.78, 5) is 0. The topological polar surface area (TPSA) is 57.6 Å². The summed E-state index contributed by atoms with van der Waals surface area (Å²) in [7, 11) is -3.29. The Balaban J connectivity index is 2.64. The lowest BCUT2D eigenvalue weighted by atomic mass is 10.3. The van der Waals surface area contributed by atoms with Gasteiger partial charge in [0.1, 0.15) is 5.21 Å². The molecule has 1 saturated heterocycles. The predicted molar refractivity (Wildman–Crippen MR) is 41.8 cm³/mol. The smallest absolute Gasteiger partial charge is 0.228 e. The molecule has 0 spiro atoms. The number of sulfonamides is 1. The van der Waals surface area contributed by atoms with Crippen molar-refractivity contribution in [3.05, 3.63) is 0 Å². The van der Waals surface area contributed by atoms with Gasteiger partial charge in [-0.1, -0.05) is 0 Å². The normalized spacial score (nSPS) is 27.6. The minimum atomic E-state index is -3.29. The fourth-order valence-electron chi connectivity index (χ4n) is 1.03. The second-order valence-corrected chi connectivity index (χ2v) is 5.07. The molecule has 11 heavy (non-hydrogen) atoms. The average Bonchev–Trinajstić information content (AvgIpc) is 2.36. The summed E-state index contributed by atoms with van der Waals surface area (Å²) < 4.78 is 23.3. The molecule has 0 aromatic carbocycles. The standard InChI is InChI=1S/C5H10ClNO3S/c6-4-11(9,10)7-2-1-5(8)3-7/h5,8H,1-4H2/t5-/m0/s1. The minimum Gasteiger partial charge on any atom is -0.392 e. The molecule has 1 N–H and O–H groups in total. The van der Waals surface area contributed by atoms with Crippen molar-refractivity contribution < 1.29 is 13.5 Å². The van der Waals surface area contributed by atoms with Crippen LogP contribution in [0.1, 0.15) is 6.42 Å². The van der Waals surface area contributed by atoms with E-state index in [1.807, 2.05) is 0 Å². The third-order valence-corrected chi connectivity index (χ3v) is 3.88. The Labute approximate surface area is 70.8 Å². The summed E-state index contributed by atoms with van der Waals surface area (Å²) in [6.07, 6.45) is -0.0103. The lowest BCUT2D eigenvalue weighted by Crippen LogP contribution is -2.30. The maximum absolute atomic E-state index is 11.0. The highest BCUT2D eigenvalue weighted by Gasteiger charge is 2.29. The molecule has 1 rings (SSSR count). The van der Waals surface area contributed by atoms with Crippen molar-refractivity contribution in [3.63, 3.8) is 0 Å². The second kappa shape index (κ2) is 3.26. The molecular formula is C5H10ClNO3S. The van der Waals surface area contributed by atoms with E-state index in [1.54, 1.807) is 0 Å². The summed E-state index contributed by atoms with van der Waals surface area (Å²) in [5, 5.41) is 8.61. The molecule has 0 radical (unpaired) electrons. The second-order valence-electron chi connectivity index (χ2n) is 2.52. The van der Waals surface area contributed by atoms with E-state index in [2.05, 4.69) is 0 Å². The number of hydrogen-bond donors (Lipinski definition) is 1. The number of alkyl halides is 1. The summed E-state index contributed by atoms with van der Waals surface area (Å²) >= 11 is 5.21. The van der Waals surface area contributed by atoms with Gasteiger partial charge < -0.3 is 5.11 Å². The van der Waals surface area contributed by atoms with Gasteiger partial charge in [-0.05, 0) is 6.42 Å². The molecule has 0 amide bonds. The summed E-state index contributed by atoms with van der Waals surface area (Å²) in [6, 6.07) is 0. The molecule has 1 heterocycles. The van der Waals surface area contributed by atoms with Crippen molar-refractivity contribution in [1.29, 1.82) is 0 Å². The number of nitrogens with zero attached hydrogens (tertiary/aromatic N) is 1. The number of hydrogen-bond acceptors (Lipinski definition) is 3. The SMILES string of the molecule is O=S(=O)(CCl)N1CC[C@H](O)C1. The van der Waals surface area contributed by atoms with E-state index in [0.29, 0.717) is 13.0 Å². The highest BCUT2D eigenvalue weighted by Crippen LogP contribution is 2.14. The van der Waals surface area contributed by atoms with Gasteiger partial charge in [-0.3, -0.25) is 0 Å². The molecular weight excluding hydrogens is 190 g/mol. The third-order valence-electron chi connectivity index (χ3n) is 1.66. The maximum Gasteiger partial charge on any atom is 0.228 e. The van der Waals surface area contributed by atoms with Crippen LogP contribution in [-0.4, -0.2) is 42.2 Å². The first-order valence-corrected chi connectivity index (χ1v) is 5.42. The van der Waals surface area contributed by atoms with E-state index in [-0.39, 0.29) is 6.54 Å². The average molecular weight is 200 g/mol. The van der Waals surface area contributed by atoms with Gasteiger partial charge in [0.2, 0.25) is 10.0 Å². The Morgan fingerprint density at radius 3 is 2.64 bits per heavy atom. The van der Waals surface area contributed by atoms with Gasteiger partial charge in [-0.2, -0.15) is 4.31 Å². The highest BCUT2D eigenvalue weighted by atomic mass is 35.5. The number of halogens is 1. The Morgan fingerprint density at radius 1 is 1.64 bits per heavy atom. The molecule has 1 aliphatic rings. The van der Waals surface area contributed by atoms with Gasteiger partial charge in [0.15, 0.2) is 0 Å². The van der Waals surface area contributed by atoms with E-state index < -0.39 is 21.3 Å². The van der Waals surface area contributed by atoms with E-state index in [1.165, 1.54) is 4.31 Å². The van der Waals surface area contributed by atoms with Crippen molar-refractivity contribution >= 4 is 21.6 Å². The van der Waals surface area contributed by atoms with Crippen LogP contribution in [0.25, 0.3) is 0 Å². The fraction of sp³-hybridized carbons (Fsp3) is 1.00. The van der Waals surface area contributed by atoms with Gasteiger partial charge in [-0.25, -0.2) is 8.42 Å². The van der Waals surface area contributed by atoms with Crippen molar-refractivity contribution in [3.8, 4) is 0 Å². The summed E-state index contributed by atoms with van der Waals surface area (Å²) in [5.74, 6) is 0. The van der Waals surface area contributed by atoms with Crippen LogP contribution in [0.2, 0.25) is 0 Å². The molecule has 6 heteroatoms. The lowest BCUT2D eigenvalue weighted by Gasteiger charge is -2.12. The molecule has 0 aliphatic carbocycles. The highest BCUT2D eigenvalue weighted by molar-refractivity contribution is 7.90. The van der Waals surface area contributed by atoms with Gasteiger partial charge in [0, 0.05) is 13.1 Å². The van der Waals surface area contributed by atoms with Crippen LogP contribution in [0, 0.1) is 0 Å². The maximum atomic E-state index is 11.0. The van der Waals surface area contributed by atoms with Crippen LogP contribution in [-0.2, 0) is 10.0 Å². The van der Waals surface area contributed by atoms with Crippen LogP contribution in [0.15, 0.2) is 0 Å². The third kappa shape index (κ3) is 2.05. The predicted octanol–water partition coefficient (Wildman–Crippen LogP) is -0.421. The molecule has 0 aromatic rings. The van der Waals surface area contributed by atoms with E-state index in [9.17, 15) is 8.42 Å². The van der Waals surface area contributed by atoms with E-state index in [0.717, 1.165) is 0 Å². The first-order valence-electron chi connectivity index (χ1n) is 3.28. The Kier molecular flexibility index (Phi) is 2.74. The Bertz CT molecular complexity index is 228. The number of aliphatic hydroxyl groups excluding tert-OH is 1. The molecule has 4 nitrogen and oxygen atoms in total. The monoisotopic (exact) mass is 199 g/mol. The summed E-state index contributed by atoms with van der Waals surface area (Å²) in [6.45, 7) is 0.575. The number of rotatable bonds is 2. The molecule has 0 aromatic heterocycles. The first kappa shape index (κ1) is 9.25. The zero-order valence-corrected chi connectivity index (χ0v) is 7.48. The molecule has 1 atom stereocenters. The van der Waals surface area contributed by atoms with Crippen LogP contribution >= 0.6 is 11.6 Å². The van der Waals surface area contributed by atoms with Crippen molar-refractivity contribution in [1.82, 2.24) is 4.31 Å². The zero-order valence-electron chi connectivity index (χ0n) is 5.90. The van der Waals surface area contributed by atoms with Gasteiger partial charge in [0.25, 0.3) is 0 Å². The quantitative estimate of drug-likeness (QED) is 0.615. The summed E-state index contributed by atoms with van der Waals surface area (Å²) in [5.41, 5.74) is 0. The lowest BCUT2D eigenvalue weighted by molar-refractivity contribution is 0.189. The molecule has 1 aliphatic heterocycles. The van der Waals surface area contributed by atoms with E-state index >= 15 is 0 Å². The van der Waals surface area contributed by atoms with Gasteiger partial charge >= 0.3 is 0 Å².